The molecule has 1 fully saturated rings. The molecule has 134 valence electrons. The highest BCUT2D eigenvalue weighted by atomic mass is 32.2. The number of aromatic nitrogens is 5. The first-order chi connectivity index (χ1) is 12.7. The molecule has 0 aromatic carbocycles. The Bertz CT molecular complexity index is 904. The SMILES string of the molecule is CC1CCN(C(=O)CSc2ccc3nnc(-c4cccnc4)n3n2)CC1. The van der Waals surface area contributed by atoms with Crippen molar-refractivity contribution in [3.05, 3.63) is 36.7 Å². The molecule has 0 unspecified atom stereocenters. The molecule has 4 rings (SSSR count). The summed E-state index contributed by atoms with van der Waals surface area (Å²) in [6.45, 7) is 3.97. The minimum atomic E-state index is 0.181. The van der Waals surface area contributed by atoms with Crippen molar-refractivity contribution >= 4 is 23.3 Å². The van der Waals surface area contributed by atoms with E-state index in [0.717, 1.165) is 42.4 Å². The van der Waals surface area contributed by atoms with Crippen molar-refractivity contribution in [1.82, 2.24) is 29.7 Å². The Hall–Kier alpha value is -2.48. The Kier molecular flexibility index (Phi) is 4.83. The first kappa shape index (κ1) is 17.0. The molecule has 0 radical (unpaired) electrons. The number of amides is 1. The van der Waals surface area contributed by atoms with Crippen LogP contribution in [0, 0.1) is 5.92 Å². The molecular weight excluding hydrogens is 348 g/mol. The average Bonchev–Trinajstić information content (AvgIpc) is 3.10. The zero-order chi connectivity index (χ0) is 17.9. The molecule has 4 heterocycles. The molecule has 1 aliphatic heterocycles. The van der Waals surface area contributed by atoms with Gasteiger partial charge in [0.15, 0.2) is 11.5 Å². The summed E-state index contributed by atoms with van der Waals surface area (Å²) in [6, 6.07) is 7.53. The molecule has 0 atom stereocenters. The summed E-state index contributed by atoms with van der Waals surface area (Å²) in [5.74, 6) is 1.94. The van der Waals surface area contributed by atoms with E-state index in [2.05, 4.69) is 27.2 Å². The summed E-state index contributed by atoms with van der Waals surface area (Å²) in [5, 5.41) is 13.7. The van der Waals surface area contributed by atoms with Crippen molar-refractivity contribution < 1.29 is 4.79 Å². The largest absolute Gasteiger partial charge is 0.342 e. The van der Waals surface area contributed by atoms with Gasteiger partial charge >= 0.3 is 0 Å². The molecule has 0 bridgehead atoms. The number of rotatable bonds is 4. The molecule has 26 heavy (non-hydrogen) atoms. The van der Waals surface area contributed by atoms with E-state index in [1.54, 1.807) is 16.9 Å². The van der Waals surface area contributed by atoms with Crippen molar-refractivity contribution in [2.75, 3.05) is 18.8 Å². The number of thioether (sulfide) groups is 1. The predicted molar refractivity (Wildman–Crippen MR) is 99.7 cm³/mol. The maximum absolute atomic E-state index is 12.4. The van der Waals surface area contributed by atoms with Crippen LogP contribution in [-0.2, 0) is 4.79 Å². The molecule has 1 aliphatic rings. The monoisotopic (exact) mass is 368 g/mol. The summed E-state index contributed by atoms with van der Waals surface area (Å²) in [5.41, 5.74) is 1.53. The second-order valence-electron chi connectivity index (χ2n) is 6.56. The third-order valence-electron chi connectivity index (χ3n) is 4.64. The number of hydrogen-bond donors (Lipinski definition) is 0. The lowest BCUT2D eigenvalue weighted by atomic mass is 9.99. The Labute approximate surface area is 155 Å². The van der Waals surface area contributed by atoms with Crippen LogP contribution in [0.25, 0.3) is 17.0 Å². The molecule has 1 saturated heterocycles. The summed E-state index contributed by atoms with van der Waals surface area (Å²) in [6.07, 6.45) is 5.64. The Balaban J connectivity index is 1.48. The zero-order valence-electron chi connectivity index (χ0n) is 14.6. The van der Waals surface area contributed by atoms with Gasteiger partial charge in [-0.1, -0.05) is 18.7 Å². The first-order valence-electron chi connectivity index (χ1n) is 8.74. The van der Waals surface area contributed by atoms with Crippen molar-refractivity contribution in [3.8, 4) is 11.4 Å². The standard InChI is InChI=1S/C18H20N6OS/c1-13-6-9-23(10-7-13)17(25)12-26-16-5-4-15-20-21-18(24(15)22-16)14-3-2-8-19-11-14/h2-5,8,11,13H,6-7,9-10,12H2,1H3. The maximum Gasteiger partial charge on any atom is 0.232 e. The fraction of sp³-hybridized carbons (Fsp3) is 0.389. The zero-order valence-corrected chi connectivity index (χ0v) is 15.4. The van der Waals surface area contributed by atoms with E-state index < -0.39 is 0 Å². The number of likely N-dealkylation sites (tertiary alicyclic amines) is 1. The average molecular weight is 368 g/mol. The lowest BCUT2D eigenvalue weighted by molar-refractivity contribution is -0.129. The summed E-state index contributed by atoms with van der Waals surface area (Å²) in [7, 11) is 0. The molecule has 1 amide bonds. The molecule has 0 N–H and O–H groups in total. The normalized spacial score (nSPS) is 15.5. The molecule has 0 aliphatic carbocycles. The van der Waals surface area contributed by atoms with Crippen LogP contribution in [-0.4, -0.2) is 54.4 Å². The number of piperidine rings is 1. The van der Waals surface area contributed by atoms with Gasteiger partial charge in [0.1, 0.15) is 5.03 Å². The van der Waals surface area contributed by atoms with Gasteiger partial charge in [-0.15, -0.1) is 10.2 Å². The van der Waals surface area contributed by atoms with Crippen LogP contribution >= 0.6 is 11.8 Å². The molecule has 3 aromatic rings. The number of pyridine rings is 1. The number of fused-ring (bicyclic) bond motifs is 1. The number of carbonyl (C=O) groups is 1. The lowest BCUT2D eigenvalue weighted by Gasteiger charge is -2.30. The maximum atomic E-state index is 12.4. The van der Waals surface area contributed by atoms with E-state index in [1.807, 2.05) is 29.2 Å². The minimum absolute atomic E-state index is 0.181. The third kappa shape index (κ3) is 3.55. The molecule has 8 heteroatoms. The van der Waals surface area contributed by atoms with E-state index >= 15 is 0 Å². The summed E-state index contributed by atoms with van der Waals surface area (Å²) >= 11 is 1.45. The molecule has 0 saturated carbocycles. The smallest absolute Gasteiger partial charge is 0.232 e. The van der Waals surface area contributed by atoms with Gasteiger partial charge in [0.2, 0.25) is 5.91 Å². The van der Waals surface area contributed by atoms with Gasteiger partial charge in [-0.3, -0.25) is 9.78 Å². The van der Waals surface area contributed by atoms with Crippen LogP contribution in [0.5, 0.6) is 0 Å². The van der Waals surface area contributed by atoms with E-state index in [9.17, 15) is 4.79 Å². The topological polar surface area (TPSA) is 76.3 Å². The predicted octanol–water partition coefficient (Wildman–Crippen LogP) is 2.54. The van der Waals surface area contributed by atoms with E-state index in [4.69, 9.17) is 0 Å². The Morgan fingerprint density at radius 2 is 2.08 bits per heavy atom. The lowest BCUT2D eigenvalue weighted by Crippen LogP contribution is -2.38. The molecular formula is C18H20N6OS. The fourth-order valence-corrected chi connectivity index (χ4v) is 3.77. The van der Waals surface area contributed by atoms with Gasteiger partial charge in [-0.2, -0.15) is 9.61 Å². The van der Waals surface area contributed by atoms with Crippen molar-refractivity contribution in [1.29, 1.82) is 0 Å². The summed E-state index contributed by atoms with van der Waals surface area (Å²) in [4.78, 5) is 18.5. The second-order valence-corrected chi connectivity index (χ2v) is 7.55. The Morgan fingerprint density at radius 1 is 1.23 bits per heavy atom. The molecule has 7 nitrogen and oxygen atoms in total. The molecule has 0 spiro atoms. The van der Waals surface area contributed by atoms with Crippen LogP contribution in [0.1, 0.15) is 19.8 Å². The van der Waals surface area contributed by atoms with Gasteiger partial charge in [-0.25, -0.2) is 0 Å². The highest BCUT2D eigenvalue weighted by Gasteiger charge is 2.20. The van der Waals surface area contributed by atoms with Crippen LogP contribution < -0.4 is 0 Å². The first-order valence-corrected chi connectivity index (χ1v) is 9.73. The van der Waals surface area contributed by atoms with Crippen LogP contribution in [0.3, 0.4) is 0 Å². The highest BCUT2D eigenvalue weighted by molar-refractivity contribution is 7.99. The number of carbonyl (C=O) groups excluding carboxylic acids is 1. The van der Waals surface area contributed by atoms with Gasteiger partial charge < -0.3 is 4.90 Å². The van der Waals surface area contributed by atoms with Gasteiger partial charge in [0, 0.05) is 31.0 Å². The van der Waals surface area contributed by atoms with Gasteiger partial charge in [-0.05, 0) is 43.0 Å². The van der Waals surface area contributed by atoms with Gasteiger partial charge in [0.05, 0.1) is 5.75 Å². The summed E-state index contributed by atoms with van der Waals surface area (Å²) < 4.78 is 1.70. The van der Waals surface area contributed by atoms with Crippen molar-refractivity contribution in [2.45, 2.75) is 24.8 Å². The van der Waals surface area contributed by atoms with Crippen molar-refractivity contribution in [3.63, 3.8) is 0 Å². The van der Waals surface area contributed by atoms with E-state index in [-0.39, 0.29) is 5.91 Å². The second kappa shape index (κ2) is 7.41. The van der Waals surface area contributed by atoms with Crippen LogP contribution in [0.4, 0.5) is 0 Å². The highest BCUT2D eigenvalue weighted by Crippen LogP contribution is 2.22. The Morgan fingerprint density at radius 3 is 2.85 bits per heavy atom. The van der Waals surface area contributed by atoms with E-state index in [0.29, 0.717) is 17.2 Å². The number of nitrogens with zero attached hydrogens (tertiary/aromatic N) is 6. The third-order valence-corrected chi connectivity index (χ3v) is 5.54. The number of hydrogen-bond acceptors (Lipinski definition) is 6. The molecule has 3 aromatic heterocycles. The van der Waals surface area contributed by atoms with Crippen LogP contribution in [0.2, 0.25) is 0 Å². The van der Waals surface area contributed by atoms with E-state index in [1.165, 1.54) is 11.8 Å². The minimum Gasteiger partial charge on any atom is -0.342 e. The fourth-order valence-electron chi connectivity index (χ4n) is 3.01. The van der Waals surface area contributed by atoms with Crippen molar-refractivity contribution in [2.24, 2.45) is 5.92 Å². The quantitative estimate of drug-likeness (QED) is 0.659. The van der Waals surface area contributed by atoms with Gasteiger partial charge in [0.25, 0.3) is 0 Å². The van der Waals surface area contributed by atoms with Crippen LogP contribution in [0.15, 0.2) is 41.7 Å².